The maximum Gasteiger partial charge on any atom is 0.230 e. The number of aromatic amines is 1. The monoisotopic (exact) mass is 319 g/mol. The van der Waals surface area contributed by atoms with Crippen LogP contribution >= 0.6 is 11.3 Å². The minimum Gasteiger partial charge on any atom is -0.385 e. The summed E-state index contributed by atoms with van der Waals surface area (Å²) in [6, 6.07) is 17.8. The Morgan fingerprint density at radius 3 is 2.48 bits per heavy atom. The zero-order valence-corrected chi connectivity index (χ0v) is 12.9. The summed E-state index contributed by atoms with van der Waals surface area (Å²) in [4.78, 5) is 7.55. The molecule has 0 unspecified atom stereocenters. The Morgan fingerprint density at radius 2 is 1.65 bits per heavy atom. The van der Waals surface area contributed by atoms with Crippen LogP contribution in [-0.4, -0.2) is 9.97 Å². The summed E-state index contributed by atoms with van der Waals surface area (Å²) >= 11 is 1.46. The molecule has 3 N–H and O–H groups in total. The predicted molar refractivity (Wildman–Crippen MR) is 94.4 cm³/mol. The minimum atomic E-state index is 0.596. The molecular weight excluding hydrogens is 306 g/mol. The number of azo groups is 1. The summed E-state index contributed by atoms with van der Waals surface area (Å²) in [7, 11) is 0. The van der Waals surface area contributed by atoms with E-state index in [1.54, 1.807) is 0 Å². The van der Waals surface area contributed by atoms with Crippen molar-refractivity contribution < 1.29 is 0 Å². The van der Waals surface area contributed by atoms with E-state index in [1.165, 1.54) is 11.3 Å². The largest absolute Gasteiger partial charge is 0.385 e. The van der Waals surface area contributed by atoms with Crippen molar-refractivity contribution in [1.82, 2.24) is 9.97 Å². The molecule has 0 saturated carbocycles. The number of hydrogen-bond donors (Lipinski definition) is 2. The Labute approximate surface area is 136 Å². The van der Waals surface area contributed by atoms with Gasteiger partial charge in [-0.1, -0.05) is 54.6 Å². The number of aromatic nitrogens is 2. The van der Waals surface area contributed by atoms with Gasteiger partial charge in [0.15, 0.2) is 5.82 Å². The van der Waals surface area contributed by atoms with Gasteiger partial charge in [0.1, 0.15) is 5.82 Å². The molecule has 4 aromatic rings. The van der Waals surface area contributed by atoms with Crippen LogP contribution in [0.15, 0.2) is 70.2 Å². The Bertz CT molecular complexity index is 985. The number of fused-ring (bicyclic) bond motifs is 1. The van der Waals surface area contributed by atoms with Gasteiger partial charge in [0, 0.05) is 21.7 Å². The fraction of sp³-hybridized carbons (Fsp3) is 0. The zero-order chi connectivity index (χ0) is 15.6. The first-order chi connectivity index (χ1) is 11.3. The summed E-state index contributed by atoms with van der Waals surface area (Å²) in [5.74, 6) is 1.24. The number of anilines is 1. The van der Waals surface area contributed by atoms with Crippen LogP contribution in [0.25, 0.3) is 22.0 Å². The standard InChI is InChI=1S/C17H13N5S/c18-15-12-8-4-5-9-13(12)16(20-15)21-22-17-19-14(10-23-17)11-6-2-1-3-7-11/h1-10,20H,18H2. The van der Waals surface area contributed by atoms with Crippen molar-refractivity contribution in [1.29, 1.82) is 0 Å². The number of thiazole rings is 1. The van der Waals surface area contributed by atoms with Gasteiger partial charge in [-0.25, -0.2) is 4.98 Å². The number of nitrogens with one attached hydrogen (secondary N) is 1. The number of H-pyrrole nitrogens is 1. The third-order valence-electron chi connectivity index (χ3n) is 3.52. The first kappa shape index (κ1) is 13.7. The van der Waals surface area contributed by atoms with Gasteiger partial charge in [-0.2, -0.15) is 0 Å². The van der Waals surface area contributed by atoms with Gasteiger partial charge in [-0.15, -0.1) is 21.6 Å². The van der Waals surface area contributed by atoms with Crippen molar-refractivity contribution in [2.45, 2.75) is 0 Å². The molecule has 0 saturated heterocycles. The Hall–Kier alpha value is -2.99. The van der Waals surface area contributed by atoms with E-state index in [0.717, 1.165) is 22.0 Å². The Kier molecular flexibility index (Phi) is 3.36. The van der Waals surface area contributed by atoms with E-state index in [2.05, 4.69) is 20.2 Å². The lowest BCUT2D eigenvalue weighted by molar-refractivity contribution is 1.17. The van der Waals surface area contributed by atoms with E-state index in [-0.39, 0.29) is 0 Å². The van der Waals surface area contributed by atoms with Crippen LogP contribution in [0.3, 0.4) is 0 Å². The third-order valence-corrected chi connectivity index (χ3v) is 4.25. The normalized spacial score (nSPS) is 11.5. The number of nitrogens with zero attached hydrogens (tertiary/aromatic N) is 3. The molecule has 0 fully saturated rings. The summed E-state index contributed by atoms with van der Waals surface area (Å²) in [6.45, 7) is 0. The highest BCUT2D eigenvalue weighted by atomic mass is 32.1. The lowest BCUT2D eigenvalue weighted by Crippen LogP contribution is -1.82. The predicted octanol–water partition coefficient (Wildman–Crippen LogP) is 5.29. The molecule has 6 heteroatoms. The summed E-state index contributed by atoms with van der Waals surface area (Å²) < 4.78 is 0. The van der Waals surface area contributed by atoms with Gasteiger partial charge in [0.2, 0.25) is 5.13 Å². The molecule has 2 aromatic carbocycles. The molecule has 2 heterocycles. The molecule has 0 radical (unpaired) electrons. The summed E-state index contributed by atoms with van der Waals surface area (Å²) in [6.07, 6.45) is 0. The van der Waals surface area contributed by atoms with E-state index in [9.17, 15) is 0 Å². The van der Waals surface area contributed by atoms with E-state index >= 15 is 0 Å². The van der Waals surface area contributed by atoms with Crippen LogP contribution in [0.2, 0.25) is 0 Å². The van der Waals surface area contributed by atoms with E-state index < -0.39 is 0 Å². The smallest absolute Gasteiger partial charge is 0.230 e. The lowest BCUT2D eigenvalue weighted by Gasteiger charge is -1.93. The minimum absolute atomic E-state index is 0.596. The van der Waals surface area contributed by atoms with Crippen LogP contribution in [0.5, 0.6) is 0 Å². The molecule has 112 valence electrons. The molecule has 0 atom stereocenters. The van der Waals surface area contributed by atoms with Gasteiger partial charge < -0.3 is 10.7 Å². The number of benzene rings is 2. The van der Waals surface area contributed by atoms with Gasteiger partial charge in [0.25, 0.3) is 0 Å². The van der Waals surface area contributed by atoms with Crippen molar-refractivity contribution in [3.05, 3.63) is 60.0 Å². The van der Waals surface area contributed by atoms with Gasteiger partial charge >= 0.3 is 0 Å². The second-order valence-corrected chi connectivity index (χ2v) is 5.85. The van der Waals surface area contributed by atoms with E-state index in [1.807, 2.05) is 60.0 Å². The van der Waals surface area contributed by atoms with Crippen LogP contribution in [0.4, 0.5) is 16.8 Å². The van der Waals surface area contributed by atoms with E-state index in [4.69, 9.17) is 5.73 Å². The number of nitrogen functional groups attached to an aromatic ring is 1. The molecular formula is C17H13N5S. The quantitative estimate of drug-likeness (QED) is 0.503. The average Bonchev–Trinajstić information content (AvgIpc) is 3.19. The van der Waals surface area contributed by atoms with E-state index in [0.29, 0.717) is 16.8 Å². The van der Waals surface area contributed by atoms with Crippen molar-refractivity contribution in [2.24, 2.45) is 10.2 Å². The number of hydrogen-bond acceptors (Lipinski definition) is 5. The highest BCUT2D eigenvalue weighted by Crippen LogP contribution is 2.32. The molecule has 0 aliphatic carbocycles. The van der Waals surface area contributed by atoms with Crippen molar-refractivity contribution >= 4 is 38.9 Å². The summed E-state index contributed by atoms with van der Waals surface area (Å²) in [5.41, 5.74) is 7.93. The number of nitrogens with two attached hydrogens (primary N) is 1. The average molecular weight is 319 g/mol. The molecule has 0 amide bonds. The molecule has 4 rings (SSSR count). The SMILES string of the molecule is Nc1[nH]c(N=Nc2nc(-c3ccccc3)cs2)c2ccccc12. The molecule has 2 aromatic heterocycles. The van der Waals surface area contributed by atoms with Crippen molar-refractivity contribution in [3.63, 3.8) is 0 Å². The highest BCUT2D eigenvalue weighted by Gasteiger charge is 2.07. The van der Waals surface area contributed by atoms with Crippen molar-refractivity contribution in [3.8, 4) is 11.3 Å². The van der Waals surface area contributed by atoms with Crippen molar-refractivity contribution in [2.75, 3.05) is 5.73 Å². The zero-order valence-electron chi connectivity index (χ0n) is 12.1. The maximum absolute atomic E-state index is 5.96. The summed E-state index contributed by atoms with van der Waals surface area (Å²) in [5, 5.41) is 13.0. The van der Waals surface area contributed by atoms with Crippen LogP contribution < -0.4 is 5.73 Å². The molecule has 5 nitrogen and oxygen atoms in total. The highest BCUT2D eigenvalue weighted by molar-refractivity contribution is 7.13. The Balaban J connectivity index is 1.65. The first-order valence-electron chi connectivity index (χ1n) is 7.10. The third kappa shape index (κ3) is 2.60. The fourth-order valence-corrected chi connectivity index (χ4v) is 3.05. The fourth-order valence-electron chi connectivity index (χ4n) is 2.41. The second kappa shape index (κ2) is 5.66. The second-order valence-electron chi connectivity index (χ2n) is 5.01. The van der Waals surface area contributed by atoms with Crippen LogP contribution in [0.1, 0.15) is 0 Å². The topological polar surface area (TPSA) is 79.4 Å². The molecule has 0 spiro atoms. The van der Waals surface area contributed by atoms with Gasteiger partial charge in [-0.05, 0) is 0 Å². The first-order valence-corrected chi connectivity index (χ1v) is 7.98. The van der Waals surface area contributed by atoms with Gasteiger partial charge in [-0.3, -0.25) is 0 Å². The van der Waals surface area contributed by atoms with Crippen LogP contribution in [0, 0.1) is 0 Å². The van der Waals surface area contributed by atoms with Crippen LogP contribution in [-0.2, 0) is 0 Å². The molecule has 0 bridgehead atoms. The maximum atomic E-state index is 5.96. The molecule has 0 aliphatic heterocycles. The Morgan fingerprint density at radius 1 is 0.913 bits per heavy atom. The molecule has 0 aliphatic rings. The van der Waals surface area contributed by atoms with Gasteiger partial charge in [0.05, 0.1) is 5.69 Å². The molecule has 23 heavy (non-hydrogen) atoms. The lowest BCUT2D eigenvalue weighted by atomic mass is 10.2. The number of rotatable bonds is 3.